The first kappa shape index (κ1) is 37.8. The summed E-state index contributed by atoms with van der Waals surface area (Å²) in [5.41, 5.74) is 18.4. The summed E-state index contributed by atoms with van der Waals surface area (Å²) in [5.74, 6) is 0.689. The van der Waals surface area contributed by atoms with E-state index in [1.54, 1.807) is 0 Å². The maximum absolute atomic E-state index is 6.39. The molecule has 0 saturated carbocycles. The summed E-state index contributed by atoms with van der Waals surface area (Å²) in [7, 11) is 0. The Labute approximate surface area is 367 Å². The Morgan fingerprint density at radius 3 is 1.49 bits per heavy atom. The Balaban J connectivity index is 0.976. The largest absolute Gasteiger partial charge is 0.455 e. The van der Waals surface area contributed by atoms with E-state index in [2.05, 4.69) is 212 Å². The number of fused-ring (bicyclic) bond motifs is 3. The van der Waals surface area contributed by atoms with Crippen molar-refractivity contribution in [2.75, 3.05) is 0 Å². The van der Waals surface area contributed by atoms with Crippen LogP contribution in [-0.4, -0.2) is 11.5 Å². The molecule has 0 amide bonds. The predicted molar refractivity (Wildman–Crippen MR) is 264 cm³/mol. The lowest BCUT2D eigenvalue weighted by Gasteiger charge is -2.15. The Bertz CT molecular complexity index is 3280. The van der Waals surface area contributed by atoms with E-state index in [0.717, 1.165) is 90.7 Å². The first-order chi connectivity index (χ1) is 31.2. The smallest absolute Gasteiger partial charge is 0.160 e. The summed E-state index contributed by atoms with van der Waals surface area (Å²) in [6.07, 6.45) is 3.82. The van der Waals surface area contributed by atoms with Crippen LogP contribution < -0.4 is 0 Å². The van der Waals surface area contributed by atoms with Gasteiger partial charge < -0.3 is 4.42 Å². The molecule has 3 heteroatoms. The molecule has 0 aliphatic carbocycles. The van der Waals surface area contributed by atoms with E-state index in [1.165, 1.54) is 27.8 Å². The van der Waals surface area contributed by atoms with Crippen LogP contribution in [0.15, 0.2) is 245 Å². The van der Waals surface area contributed by atoms with E-state index in [0.29, 0.717) is 5.84 Å². The quantitative estimate of drug-likeness (QED) is 0.151. The van der Waals surface area contributed by atoms with Gasteiger partial charge in [-0.1, -0.05) is 200 Å². The molecule has 2 heterocycles. The van der Waals surface area contributed by atoms with Gasteiger partial charge in [0.15, 0.2) is 5.84 Å². The first-order valence-corrected chi connectivity index (χ1v) is 21.6. The Morgan fingerprint density at radius 2 is 0.810 bits per heavy atom. The Hall–Kier alpha value is -8.14. The van der Waals surface area contributed by atoms with Crippen LogP contribution in [0.2, 0.25) is 0 Å². The van der Waals surface area contributed by atoms with Gasteiger partial charge in [-0.3, -0.25) is 0 Å². The first-order valence-electron chi connectivity index (χ1n) is 21.6. The van der Waals surface area contributed by atoms with Gasteiger partial charge >= 0.3 is 0 Å². The second-order valence-electron chi connectivity index (χ2n) is 16.0. The molecule has 9 aromatic carbocycles. The average Bonchev–Trinajstić information content (AvgIpc) is 3.74. The Kier molecular flexibility index (Phi) is 10.0. The number of nitrogens with zero attached hydrogens (tertiary/aromatic N) is 2. The lowest BCUT2D eigenvalue weighted by atomic mass is 9.92. The van der Waals surface area contributed by atoms with Crippen molar-refractivity contribution in [3.63, 3.8) is 0 Å². The molecule has 0 unspecified atom stereocenters. The molecule has 1 aliphatic heterocycles. The highest BCUT2D eigenvalue weighted by Gasteiger charge is 2.17. The molecule has 0 spiro atoms. The maximum Gasteiger partial charge on any atom is 0.160 e. The van der Waals surface area contributed by atoms with Crippen LogP contribution >= 0.6 is 0 Å². The normalized spacial score (nSPS) is 12.9. The number of para-hydroxylation sites is 2. The molecule has 0 atom stereocenters. The van der Waals surface area contributed by atoms with Gasteiger partial charge in [0.1, 0.15) is 11.2 Å². The van der Waals surface area contributed by atoms with Gasteiger partial charge in [-0.05, 0) is 104 Å². The third-order valence-corrected chi connectivity index (χ3v) is 12.0. The highest BCUT2D eigenvalue weighted by molar-refractivity contribution is 6.14. The average molecular weight is 807 g/mol. The van der Waals surface area contributed by atoms with Crippen LogP contribution in [0.25, 0.3) is 83.3 Å². The van der Waals surface area contributed by atoms with Crippen LogP contribution in [0.5, 0.6) is 0 Å². The minimum absolute atomic E-state index is 0.689. The van der Waals surface area contributed by atoms with Gasteiger partial charge in [0.05, 0.1) is 11.4 Å². The van der Waals surface area contributed by atoms with E-state index < -0.39 is 0 Å². The molecule has 0 saturated heterocycles. The van der Waals surface area contributed by atoms with Crippen molar-refractivity contribution < 1.29 is 4.42 Å². The number of hydrogen-bond donors (Lipinski definition) is 0. The molecule has 0 radical (unpaired) electrons. The summed E-state index contributed by atoms with van der Waals surface area (Å²) in [6, 6.07) is 79.5. The van der Waals surface area contributed by atoms with Crippen molar-refractivity contribution in [2.45, 2.75) is 12.8 Å². The zero-order valence-electron chi connectivity index (χ0n) is 34.7. The van der Waals surface area contributed by atoms with Gasteiger partial charge in [-0.25, -0.2) is 9.98 Å². The zero-order chi connectivity index (χ0) is 42.0. The number of rotatable bonds is 8. The molecular formula is C60H42N2O. The second-order valence-corrected chi connectivity index (χ2v) is 16.0. The number of allylic oxidation sites excluding steroid dienone is 1. The fourth-order valence-corrected chi connectivity index (χ4v) is 8.74. The number of amidine groups is 1. The summed E-state index contributed by atoms with van der Waals surface area (Å²) >= 11 is 0. The van der Waals surface area contributed by atoms with Crippen LogP contribution in [0.4, 0.5) is 0 Å². The number of aliphatic imine (C=N–C) groups is 2. The summed E-state index contributed by atoms with van der Waals surface area (Å²) in [6.45, 7) is 0. The maximum atomic E-state index is 6.39. The van der Waals surface area contributed by atoms with Crippen LogP contribution in [0.3, 0.4) is 0 Å². The third kappa shape index (κ3) is 7.73. The predicted octanol–water partition coefficient (Wildman–Crippen LogP) is 16.0. The number of furan rings is 1. The SMILES string of the molecule is C1=C(c2ccc(-c3cccc4c3oc3ccccc34)cc2)N=C(c2ccc(-c3ccccc3)cc2)N=C(c2cccc(-c3cc(-c4ccccc4)cc(-c4ccccc4)c3)c2)CC1. The van der Waals surface area contributed by atoms with Crippen LogP contribution in [-0.2, 0) is 0 Å². The molecule has 0 N–H and O–H groups in total. The van der Waals surface area contributed by atoms with Crippen molar-refractivity contribution in [3.05, 3.63) is 247 Å². The monoisotopic (exact) mass is 806 g/mol. The highest BCUT2D eigenvalue weighted by Crippen LogP contribution is 2.37. The molecule has 10 aromatic rings. The van der Waals surface area contributed by atoms with Gasteiger partial charge in [-0.15, -0.1) is 0 Å². The van der Waals surface area contributed by atoms with E-state index in [-0.39, 0.29) is 0 Å². The van der Waals surface area contributed by atoms with E-state index >= 15 is 0 Å². The molecular weight excluding hydrogens is 765 g/mol. The minimum atomic E-state index is 0.689. The van der Waals surface area contributed by atoms with Crippen LogP contribution in [0, 0.1) is 0 Å². The number of benzene rings is 9. The molecule has 3 nitrogen and oxygen atoms in total. The van der Waals surface area contributed by atoms with E-state index in [9.17, 15) is 0 Å². The lowest BCUT2D eigenvalue weighted by Crippen LogP contribution is -2.09. The van der Waals surface area contributed by atoms with Gasteiger partial charge in [0.2, 0.25) is 0 Å². The standard InChI is InChI=1S/C60H42N2O/c1-4-15-41(16-5-1)44-29-35-47(36-30-44)60-61-56(46-33-31-45(32-34-46)53-24-13-25-55-54-23-10-11-28-58(54)63-59(53)55)26-14-27-57(62-60)49-22-12-21-48(37-49)52-39-50(42-17-6-2-7-18-42)38-51(40-52)43-19-8-3-9-20-43/h1-13,15-26,28-40H,14,27H2. The molecule has 0 bridgehead atoms. The zero-order valence-corrected chi connectivity index (χ0v) is 34.7. The van der Waals surface area contributed by atoms with Gasteiger partial charge in [0.25, 0.3) is 0 Å². The molecule has 11 rings (SSSR count). The van der Waals surface area contributed by atoms with E-state index in [1.807, 2.05) is 18.2 Å². The van der Waals surface area contributed by atoms with Crippen molar-refractivity contribution in [1.82, 2.24) is 0 Å². The van der Waals surface area contributed by atoms with Crippen molar-refractivity contribution in [2.24, 2.45) is 9.98 Å². The topological polar surface area (TPSA) is 37.9 Å². The summed E-state index contributed by atoms with van der Waals surface area (Å²) < 4.78 is 6.39. The van der Waals surface area contributed by atoms with Crippen LogP contribution in [0.1, 0.15) is 29.5 Å². The molecule has 298 valence electrons. The molecule has 1 aromatic heterocycles. The van der Waals surface area contributed by atoms with Crippen molar-refractivity contribution in [1.29, 1.82) is 0 Å². The third-order valence-electron chi connectivity index (χ3n) is 12.0. The Morgan fingerprint density at radius 1 is 0.333 bits per heavy atom. The van der Waals surface area contributed by atoms with E-state index in [4.69, 9.17) is 14.4 Å². The van der Waals surface area contributed by atoms with Crippen molar-refractivity contribution >= 4 is 39.2 Å². The minimum Gasteiger partial charge on any atom is -0.455 e. The fraction of sp³-hybridized carbons (Fsp3) is 0.0333. The second kappa shape index (κ2) is 16.7. The lowest BCUT2D eigenvalue weighted by molar-refractivity contribution is 0.670. The molecule has 0 fully saturated rings. The fourth-order valence-electron chi connectivity index (χ4n) is 8.74. The molecule has 63 heavy (non-hydrogen) atoms. The summed E-state index contributed by atoms with van der Waals surface area (Å²) in [5, 5.41) is 2.25. The number of hydrogen-bond acceptors (Lipinski definition) is 3. The highest BCUT2D eigenvalue weighted by atomic mass is 16.3. The molecule has 1 aliphatic rings. The summed E-state index contributed by atoms with van der Waals surface area (Å²) in [4.78, 5) is 10.8. The van der Waals surface area contributed by atoms with Gasteiger partial charge in [-0.2, -0.15) is 0 Å². The van der Waals surface area contributed by atoms with Gasteiger partial charge in [0, 0.05) is 21.9 Å². The van der Waals surface area contributed by atoms with Crippen molar-refractivity contribution in [3.8, 4) is 55.6 Å².